The molecule has 0 unspecified atom stereocenters. The number of amides is 1. The van der Waals surface area contributed by atoms with Crippen molar-refractivity contribution in [1.82, 2.24) is 20.1 Å². The van der Waals surface area contributed by atoms with Crippen LogP contribution in [-0.2, 0) is 25.7 Å². The molecule has 0 aliphatic heterocycles. The summed E-state index contributed by atoms with van der Waals surface area (Å²) in [5.41, 5.74) is 4.16. The van der Waals surface area contributed by atoms with Crippen LogP contribution in [-0.4, -0.2) is 33.5 Å². The summed E-state index contributed by atoms with van der Waals surface area (Å²) in [6.45, 7) is 4.26. The number of aromatic nitrogens is 3. The number of hydrogen-bond acceptors (Lipinski definition) is 5. The number of aryl methyl sites for hydroxylation is 1. The molecule has 7 nitrogen and oxygen atoms in total. The molecule has 202 valence electrons. The number of carbonyl (C=O) groups excluding carboxylic acids is 2. The fourth-order valence-corrected chi connectivity index (χ4v) is 4.10. The van der Waals surface area contributed by atoms with Gasteiger partial charge in [-0.15, -0.1) is 0 Å². The first-order chi connectivity index (χ1) is 18.5. The highest BCUT2D eigenvalue weighted by molar-refractivity contribution is 5.97. The summed E-state index contributed by atoms with van der Waals surface area (Å²) in [6.07, 6.45) is -2.65. The molecule has 0 saturated heterocycles. The summed E-state index contributed by atoms with van der Waals surface area (Å²) in [5, 5.41) is 7.17. The number of rotatable bonds is 9. The summed E-state index contributed by atoms with van der Waals surface area (Å²) in [5.74, 6) is 0.0489. The number of hydrogen-bond donors (Lipinski definition) is 1. The van der Waals surface area contributed by atoms with Gasteiger partial charge in [0.05, 0.1) is 23.5 Å². The first-order valence-electron chi connectivity index (χ1n) is 12.2. The average molecular weight is 537 g/mol. The lowest BCUT2D eigenvalue weighted by atomic mass is 10.0. The molecule has 0 aliphatic rings. The second-order valence-electron chi connectivity index (χ2n) is 9.03. The Hall–Kier alpha value is -4.47. The number of carbonyl (C=O) groups is 2. The molecule has 0 atom stereocenters. The predicted octanol–water partition coefficient (Wildman–Crippen LogP) is 5.33. The quantitative estimate of drug-likeness (QED) is 0.293. The predicted molar refractivity (Wildman–Crippen MR) is 139 cm³/mol. The molecule has 2 aromatic carbocycles. The van der Waals surface area contributed by atoms with Gasteiger partial charge in [0.2, 0.25) is 0 Å². The Balaban J connectivity index is 1.38. The summed E-state index contributed by atoms with van der Waals surface area (Å²) in [7, 11) is 1.57. The zero-order chi connectivity index (χ0) is 28.2. The van der Waals surface area contributed by atoms with E-state index in [9.17, 15) is 22.8 Å². The number of halogens is 3. The van der Waals surface area contributed by atoms with Crippen LogP contribution in [0.15, 0.2) is 66.9 Å². The van der Waals surface area contributed by atoms with Crippen molar-refractivity contribution in [2.75, 3.05) is 7.05 Å². The Kier molecular flexibility index (Phi) is 8.13. The Bertz CT molecular complexity index is 1480. The zero-order valence-corrected chi connectivity index (χ0v) is 21.7. The Labute approximate surface area is 223 Å². The Morgan fingerprint density at radius 1 is 0.974 bits per heavy atom. The van der Waals surface area contributed by atoms with Crippen LogP contribution in [0.2, 0.25) is 0 Å². The van der Waals surface area contributed by atoms with Crippen molar-refractivity contribution in [3.63, 3.8) is 0 Å². The van der Waals surface area contributed by atoms with Crippen molar-refractivity contribution in [2.45, 2.75) is 39.6 Å². The standard InChI is InChI=1S/C29H27F3N4O3/c1-18-26(19(2)36(35-18)16-24-14-22(12-13-34-24)28(38)33-3)15-27(37)21-6-4-20(5-7-21)17-39-25-10-8-23(9-11-25)29(30,31)32/h4-14H,15-17H2,1-3H3,(H,33,38). The van der Waals surface area contributed by atoms with E-state index in [0.29, 0.717) is 29.1 Å². The maximum Gasteiger partial charge on any atom is 0.416 e. The van der Waals surface area contributed by atoms with Crippen LogP contribution >= 0.6 is 0 Å². The first-order valence-corrected chi connectivity index (χ1v) is 12.2. The number of pyridine rings is 1. The smallest absolute Gasteiger partial charge is 0.416 e. The topological polar surface area (TPSA) is 86.1 Å². The second kappa shape index (κ2) is 11.5. The van der Waals surface area contributed by atoms with Crippen LogP contribution in [0.1, 0.15) is 54.5 Å². The minimum atomic E-state index is -4.40. The van der Waals surface area contributed by atoms with E-state index in [1.165, 1.54) is 12.1 Å². The van der Waals surface area contributed by atoms with E-state index in [-0.39, 0.29) is 24.7 Å². The van der Waals surface area contributed by atoms with Crippen molar-refractivity contribution in [2.24, 2.45) is 0 Å². The second-order valence-corrected chi connectivity index (χ2v) is 9.03. The largest absolute Gasteiger partial charge is 0.489 e. The molecule has 4 aromatic rings. The number of Topliss-reactive ketones (excluding diaryl/α,β-unsaturated/α-hetero) is 1. The van der Waals surface area contributed by atoms with E-state index >= 15 is 0 Å². The van der Waals surface area contributed by atoms with Gasteiger partial charge in [-0.2, -0.15) is 18.3 Å². The highest BCUT2D eigenvalue weighted by atomic mass is 19.4. The molecule has 2 aromatic heterocycles. The van der Waals surface area contributed by atoms with Crippen molar-refractivity contribution in [3.8, 4) is 5.75 Å². The van der Waals surface area contributed by atoms with Crippen LogP contribution in [0.5, 0.6) is 5.75 Å². The van der Waals surface area contributed by atoms with Gasteiger partial charge in [-0.3, -0.25) is 19.3 Å². The molecule has 39 heavy (non-hydrogen) atoms. The van der Waals surface area contributed by atoms with Crippen LogP contribution in [0.3, 0.4) is 0 Å². The fourth-order valence-electron chi connectivity index (χ4n) is 4.10. The third-order valence-electron chi connectivity index (χ3n) is 6.35. The van der Waals surface area contributed by atoms with E-state index in [0.717, 1.165) is 34.6 Å². The molecular formula is C29H27F3N4O3. The van der Waals surface area contributed by atoms with Crippen LogP contribution in [0.4, 0.5) is 13.2 Å². The van der Waals surface area contributed by atoms with Gasteiger partial charge in [-0.1, -0.05) is 24.3 Å². The number of alkyl halides is 3. The molecular weight excluding hydrogens is 509 g/mol. The maximum absolute atomic E-state index is 13.0. The highest BCUT2D eigenvalue weighted by Crippen LogP contribution is 2.30. The SMILES string of the molecule is CNC(=O)c1ccnc(Cn2nc(C)c(CC(=O)c3ccc(COc4ccc(C(F)(F)F)cc4)cc3)c2C)c1. The normalized spacial score (nSPS) is 11.3. The van der Waals surface area contributed by atoms with Crippen molar-refractivity contribution >= 4 is 11.7 Å². The van der Waals surface area contributed by atoms with E-state index in [1.807, 2.05) is 13.8 Å². The fraction of sp³-hybridized carbons (Fsp3) is 0.241. The summed E-state index contributed by atoms with van der Waals surface area (Å²) in [4.78, 5) is 29.3. The maximum atomic E-state index is 13.0. The molecule has 0 aliphatic carbocycles. The lowest BCUT2D eigenvalue weighted by Gasteiger charge is -2.10. The number of ether oxygens (including phenoxy) is 1. The van der Waals surface area contributed by atoms with E-state index in [4.69, 9.17) is 4.74 Å². The first kappa shape index (κ1) is 27.6. The summed E-state index contributed by atoms with van der Waals surface area (Å²) < 4.78 is 45.5. The average Bonchev–Trinajstić information content (AvgIpc) is 3.18. The molecule has 0 fully saturated rings. The molecule has 0 spiro atoms. The van der Waals surface area contributed by atoms with Crippen LogP contribution in [0, 0.1) is 13.8 Å². The minimum Gasteiger partial charge on any atom is -0.489 e. The van der Waals surface area contributed by atoms with E-state index in [1.54, 1.807) is 54.3 Å². The monoisotopic (exact) mass is 536 g/mol. The minimum absolute atomic E-state index is 0.0734. The third-order valence-corrected chi connectivity index (χ3v) is 6.35. The van der Waals surface area contributed by atoms with Crippen LogP contribution < -0.4 is 10.1 Å². The van der Waals surface area contributed by atoms with Gasteiger partial charge in [-0.25, -0.2) is 0 Å². The molecule has 1 amide bonds. The van der Waals surface area contributed by atoms with Gasteiger partial charge in [0.1, 0.15) is 12.4 Å². The molecule has 2 heterocycles. The van der Waals surface area contributed by atoms with E-state index < -0.39 is 11.7 Å². The molecule has 4 rings (SSSR count). The zero-order valence-electron chi connectivity index (χ0n) is 21.7. The number of ketones is 1. The van der Waals surface area contributed by atoms with Gasteiger partial charge in [-0.05, 0) is 55.8 Å². The van der Waals surface area contributed by atoms with Crippen LogP contribution in [0.25, 0.3) is 0 Å². The lowest BCUT2D eigenvalue weighted by Crippen LogP contribution is -2.18. The highest BCUT2D eigenvalue weighted by Gasteiger charge is 2.30. The van der Waals surface area contributed by atoms with Gasteiger partial charge in [0.25, 0.3) is 5.91 Å². The van der Waals surface area contributed by atoms with Gasteiger partial charge in [0, 0.05) is 42.0 Å². The molecule has 0 radical (unpaired) electrons. The van der Waals surface area contributed by atoms with Crippen molar-refractivity contribution < 1.29 is 27.5 Å². The molecule has 0 saturated carbocycles. The lowest BCUT2D eigenvalue weighted by molar-refractivity contribution is -0.137. The number of nitrogens with one attached hydrogen (secondary N) is 1. The van der Waals surface area contributed by atoms with Gasteiger partial charge < -0.3 is 10.1 Å². The number of benzene rings is 2. The molecule has 0 bridgehead atoms. The Morgan fingerprint density at radius 2 is 1.67 bits per heavy atom. The van der Waals surface area contributed by atoms with Crippen molar-refractivity contribution in [1.29, 1.82) is 0 Å². The summed E-state index contributed by atoms with van der Waals surface area (Å²) >= 11 is 0. The Morgan fingerprint density at radius 3 is 2.31 bits per heavy atom. The van der Waals surface area contributed by atoms with Crippen molar-refractivity contribution in [3.05, 3.63) is 112 Å². The number of nitrogens with zero attached hydrogens (tertiary/aromatic N) is 3. The summed E-state index contributed by atoms with van der Waals surface area (Å²) in [6, 6.07) is 14.8. The third kappa shape index (κ3) is 6.70. The van der Waals surface area contributed by atoms with E-state index in [2.05, 4.69) is 15.4 Å². The van der Waals surface area contributed by atoms with Gasteiger partial charge >= 0.3 is 6.18 Å². The molecule has 1 N–H and O–H groups in total. The van der Waals surface area contributed by atoms with Gasteiger partial charge in [0.15, 0.2) is 5.78 Å². The molecule has 10 heteroatoms.